The number of para-hydroxylation sites is 2. The number of aryl methyl sites for hydroxylation is 1. The summed E-state index contributed by atoms with van der Waals surface area (Å²) in [6, 6.07) is 15.6. The van der Waals surface area contributed by atoms with E-state index in [0.717, 1.165) is 36.9 Å². The Morgan fingerprint density at radius 3 is 2.73 bits per heavy atom. The minimum absolute atomic E-state index is 0.0454. The molecule has 3 heterocycles. The van der Waals surface area contributed by atoms with Crippen LogP contribution in [0.25, 0.3) is 16.7 Å². The van der Waals surface area contributed by atoms with Crippen LogP contribution >= 0.6 is 11.8 Å². The highest BCUT2D eigenvalue weighted by Crippen LogP contribution is 2.32. The number of fused-ring (bicyclic) bond motifs is 4. The number of hydrogen-bond acceptors (Lipinski definition) is 5. The van der Waals surface area contributed by atoms with Crippen LogP contribution in [0.2, 0.25) is 0 Å². The molecule has 8 heteroatoms. The highest BCUT2D eigenvalue weighted by atomic mass is 32.2. The van der Waals surface area contributed by atoms with Gasteiger partial charge in [-0.2, -0.15) is 0 Å². The zero-order valence-corrected chi connectivity index (χ0v) is 19.7. The van der Waals surface area contributed by atoms with Crippen LogP contribution in [0.5, 0.6) is 0 Å². The maximum atomic E-state index is 13.3. The summed E-state index contributed by atoms with van der Waals surface area (Å²) in [5.74, 6) is 0.589. The van der Waals surface area contributed by atoms with Crippen LogP contribution in [-0.4, -0.2) is 36.9 Å². The number of benzene rings is 2. The summed E-state index contributed by atoms with van der Waals surface area (Å²) in [4.78, 5) is 28.4. The van der Waals surface area contributed by atoms with E-state index in [9.17, 15) is 9.59 Å². The van der Waals surface area contributed by atoms with Crippen LogP contribution in [0.3, 0.4) is 0 Å². The molecule has 5 rings (SSSR count). The van der Waals surface area contributed by atoms with Gasteiger partial charge in [0.25, 0.3) is 5.56 Å². The van der Waals surface area contributed by atoms with Crippen molar-refractivity contribution < 1.29 is 4.79 Å². The van der Waals surface area contributed by atoms with E-state index in [1.807, 2.05) is 58.7 Å². The second-order valence-electron chi connectivity index (χ2n) is 8.43. The molecule has 7 nitrogen and oxygen atoms in total. The molecule has 33 heavy (non-hydrogen) atoms. The number of anilines is 1. The molecule has 0 saturated carbocycles. The lowest BCUT2D eigenvalue weighted by atomic mass is 10.2. The average Bonchev–Trinajstić information content (AvgIpc) is 3.45. The van der Waals surface area contributed by atoms with Crippen molar-refractivity contribution in [1.82, 2.24) is 19.2 Å². The molecule has 0 bridgehead atoms. The van der Waals surface area contributed by atoms with Gasteiger partial charge in [0.15, 0.2) is 5.16 Å². The highest BCUT2D eigenvalue weighted by Gasteiger charge is 2.29. The summed E-state index contributed by atoms with van der Waals surface area (Å²) in [7, 11) is 0. The van der Waals surface area contributed by atoms with Crippen molar-refractivity contribution in [3.63, 3.8) is 0 Å². The monoisotopic (exact) mass is 461 g/mol. The van der Waals surface area contributed by atoms with Gasteiger partial charge in [0.05, 0.1) is 16.2 Å². The summed E-state index contributed by atoms with van der Waals surface area (Å²) < 4.78 is 3.65. The summed E-state index contributed by atoms with van der Waals surface area (Å²) in [6.07, 6.45) is 3.90. The van der Waals surface area contributed by atoms with E-state index in [1.165, 1.54) is 17.3 Å². The number of thioether (sulfide) groups is 1. The molecular formula is C25H27N5O2S. The van der Waals surface area contributed by atoms with E-state index in [0.29, 0.717) is 29.4 Å². The summed E-state index contributed by atoms with van der Waals surface area (Å²) in [5.41, 5.74) is 2.92. The zero-order chi connectivity index (χ0) is 22.9. The third-order valence-electron chi connectivity index (χ3n) is 6.25. The van der Waals surface area contributed by atoms with Crippen molar-refractivity contribution in [3.05, 3.63) is 64.4 Å². The molecule has 2 aromatic carbocycles. The van der Waals surface area contributed by atoms with E-state index in [2.05, 4.69) is 23.2 Å². The van der Waals surface area contributed by atoms with Gasteiger partial charge in [-0.25, -0.2) is 0 Å². The standard InChI is InChI=1S/C25H27N5O2S/c1-3-4-9-15-29-23(32)19-11-6-8-13-21(19)30-24(29)26-27-25(30)33-17(2)22(31)28-16-14-18-10-5-7-12-20(18)28/h5-8,10-13,17H,3-4,9,14-16H2,1-2H3. The highest BCUT2D eigenvalue weighted by molar-refractivity contribution is 8.00. The molecule has 2 aromatic heterocycles. The maximum absolute atomic E-state index is 13.3. The summed E-state index contributed by atoms with van der Waals surface area (Å²) >= 11 is 1.39. The Morgan fingerprint density at radius 1 is 1.09 bits per heavy atom. The predicted octanol–water partition coefficient (Wildman–Crippen LogP) is 4.30. The van der Waals surface area contributed by atoms with Crippen molar-refractivity contribution >= 4 is 40.0 Å². The third-order valence-corrected chi connectivity index (χ3v) is 7.28. The Labute approximate surface area is 196 Å². The largest absolute Gasteiger partial charge is 0.311 e. The number of nitrogens with zero attached hydrogens (tertiary/aromatic N) is 5. The Bertz CT molecular complexity index is 1390. The second kappa shape index (κ2) is 9.02. The first-order chi connectivity index (χ1) is 16.1. The van der Waals surface area contributed by atoms with Gasteiger partial charge in [-0.1, -0.05) is 61.9 Å². The molecule has 4 aromatic rings. The summed E-state index contributed by atoms with van der Waals surface area (Å²) in [5, 5.41) is 9.71. The first-order valence-electron chi connectivity index (χ1n) is 11.5. The molecule has 0 radical (unpaired) electrons. The number of unbranched alkanes of at least 4 members (excludes halogenated alkanes) is 2. The molecule has 1 amide bonds. The van der Waals surface area contributed by atoms with E-state index < -0.39 is 0 Å². The molecule has 1 atom stereocenters. The Kier molecular flexibility index (Phi) is 5.93. The second-order valence-corrected chi connectivity index (χ2v) is 9.74. The van der Waals surface area contributed by atoms with Crippen molar-refractivity contribution in [2.24, 2.45) is 0 Å². The van der Waals surface area contributed by atoms with E-state index in [4.69, 9.17) is 0 Å². The SMILES string of the molecule is CCCCCn1c(=O)c2ccccc2n2c(SC(C)C(=O)N3CCc4ccccc43)nnc12. The number of carbonyl (C=O) groups is 1. The quantitative estimate of drug-likeness (QED) is 0.303. The molecule has 0 spiro atoms. The van der Waals surface area contributed by atoms with Crippen molar-refractivity contribution in [1.29, 1.82) is 0 Å². The number of hydrogen-bond donors (Lipinski definition) is 0. The lowest BCUT2D eigenvalue weighted by molar-refractivity contribution is -0.117. The number of rotatable bonds is 7. The Balaban J connectivity index is 1.51. The summed E-state index contributed by atoms with van der Waals surface area (Å²) in [6.45, 7) is 5.35. The normalized spacial score (nSPS) is 14.2. The Morgan fingerprint density at radius 2 is 1.88 bits per heavy atom. The molecule has 0 aliphatic carbocycles. The van der Waals surface area contributed by atoms with Crippen molar-refractivity contribution in [2.75, 3.05) is 11.4 Å². The van der Waals surface area contributed by atoms with Crippen molar-refractivity contribution in [2.45, 2.75) is 56.5 Å². The smallest absolute Gasteiger partial charge is 0.262 e. The molecular weight excluding hydrogens is 434 g/mol. The van der Waals surface area contributed by atoms with Crippen LogP contribution in [0.15, 0.2) is 58.5 Å². The van der Waals surface area contributed by atoms with Crippen LogP contribution in [-0.2, 0) is 17.8 Å². The number of carbonyl (C=O) groups excluding carboxylic acids is 1. The van der Waals surface area contributed by atoms with Gasteiger partial charge in [-0.3, -0.25) is 18.6 Å². The van der Waals surface area contributed by atoms with Crippen molar-refractivity contribution in [3.8, 4) is 0 Å². The molecule has 1 aliphatic rings. The minimum atomic E-state index is -0.345. The van der Waals surface area contributed by atoms with Crippen LogP contribution in [0.4, 0.5) is 5.69 Å². The molecule has 1 aliphatic heterocycles. The predicted molar refractivity (Wildman–Crippen MR) is 132 cm³/mol. The van der Waals surface area contributed by atoms with Crippen LogP contribution in [0.1, 0.15) is 38.7 Å². The van der Waals surface area contributed by atoms with E-state index >= 15 is 0 Å². The van der Waals surface area contributed by atoms with Gasteiger partial charge in [0.1, 0.15) is 0 Å². The number of amides is 1. The molecule has 0 saturated heterocycles. The molecule has 0 fully saturated rings. The van der Waals surface area contributed by atoms with Gasteiger partial charge in [-0.05, 0) is 43.5 Å². The third kappa shape index (κ3) is 3.82. The van der Waals surface area contributed by atoms with E-state index in [-0.39, 0.29) is 16.7 Å². The molecule has 0 N–H and O–H groups in total. The van der Waals surface area contributed by atoms with Gasteiger partial charge in [0, 0.05) is 18.8 Å². The van der Waals surface area contributed by atoms with Crippen LogP contribution in [0, 0.1) is 0 Å². The fraction of sp³-hybridized carbons (Fsp3) is 0.360. The minimum Gasteiger partial charge on any atom is -0.311 e. The fourth-order valence-corrected chi connectivity index (χ4v) is 5.44. The van der Waals surface area contributed by atoms with E-state index in [1.54, 1.807) is 4.57 Å². The Hall–Kier alpha value is -3.13. The lowest BCUT2D eigenvalue weighted by Crippen LogP contribution is -2.35. The average molecular weight is 462 g/mol. The van der Waals surface area contributed by atoms with Gasteiger partial charge >= 0.3 is 0 Å². The van der Waals surface area contributed by atoms with Gasteiger partial charge < -0.3 is 4.90 Å². The topological polar surface area (TPSA) is 72.5 Å². The molecule has 1 unspecified atom stereocenters. The fourth-order valence-electron chi connectivity index (χ4n) is 4.53. The first-order valence-corrected chi connectivity index (χ1v) is 12.4. The maximum Gasteiger partial charge on any atom is 0.262 e. The van der Waals surface area contributed by atoms with Gasteiger partial charge in [0.2, 0.25) is 11.7 Å². The zero-order valence-electron chi connectivity index (χ0n) is 18.9. The molecule has 170 valence electrons. The van der Waals surface area contributed by atoms with Crippen LogP contribution < -0.4 is 10.5 Å². The first kappa shape index (κ1) is 21.7. The number of aromatic nitrogens is 4. The van der Waals surface area contributed by atoms with Gasteiger partial charge in [-0.15, -0.1) is 10.2 Å². The lowest BCUT2D eigenvalue weighted by Gasteiger charge is -2.21.